The Labute approximate surface area is 359 Å². The molecule has 0 radical (unpaired) electrons. The van der Waals surface area contributed by atoms with Gasteiger partial charge in [0, 0.05) is 58.9 Å². The maximum atomic E-state index is 14.8. The number of para-hydroxylation sites is 2. The van der Waals surface area contributed by atoms with Gasteiger partial charge in [-0.1, -0.05) is 43.3 Å². The molecule has 2 N–H and O–H groups in total. The highest BCUT2D eigenvalue weighted by Crippen LogP contribution is 2.30. The second-order valence-electron chi connectivity index (χ2n) is 15.1. The van der Waals surface area contributed by atoms with Gasteiger partial charge in [-0.2, -0.15) is 0 Å². The van der Waals surface area contributed by atoms with Crippen molar-refractivity contribution in [3.8, 4) is 11.5 Å². The molecule has 0 aromatic heterocycles. The molecule has 4 aliphatic heterocycles. The van der Waals surface area contributed by atoms with Gasteiger partial charge in [0.25, 0.3) is 11.8 Å². The first-order valence-corrected chi connectivity index (χ1v) is 20.8. The van der Waals surface area contributed by atoms with Gasteiger partial charge < -0.3 is 44.3 Å². The Morgan fingerprint density at radius 3 is 1.37 bits per heavy atom. The zero-order valence-electron chi connectivity index (χ0n) is 34.6. The number of ether oxygens (including phenoxy) is 4. The Bertz CT molecular complexity index is 2020. The quantitative estimate of drug-likeness (QED) is 0.202. The number of anilines is 4. The van der Waals surface area contributed by atoms with E-state index in [0.717, 1.165) is 6.42 Å². The van der Waals surface area contributed by atoms with Crippen LogP contribution in [0.1, 0.15) is 13.3 Å². The third-order valence-corrected chi connectivity index (χ3v) is 11.1. The smallest absolute Gasteiger partial charge is 0.414 e. The molecule has 4 amide bonds. The van der Waals surface area contributed by atoms with Gasteiger partial charge >= 0.3 is 12.2 Å². The molecule has 4 saturated heterocycles. The van der Waals surface area contributed by atoms with E-state index >= 15 is 0 Å². The monoisotopic (exact) mass is 855 g/mol. The fraction of sp³-hybridized carbons (Fsp3) is 0.378. The van der Waals surface area contributed by atoms with Gasteiger partial charge in [0.1, 0.15) is 35.3 Å². The molecule has 4 aromatic rings. The molecular weight excluding hydrogens is 805 g/mol. The highest BCUT2D eigenvalue weighted by Gasteiger charge is 2.34. The molecule has 0 aliphatic carbocycles. The summed E-state index contributed by atoms with van der Waals surface area (Å²) in [6, 6.07) is 27.9. The lowest BCUT2D eigenvalue weighted by Crippen LogP contribution is -2.50. The number of nitrogens with two attached hydrogens (primary N) is 1. The average molecular weight is 856 g/mol. The number of piperazine rings is 2. The molecule has 62 heavy (non-hydrogen) atoms. The third-order valence-electron chi connectivity index (χ3n) is 11.1. The van der Waals surface area contributed by atoms with Gasteiger partial charge in [0.15, 0.2) is 13.2 Å². The number of nitrogens with zero attached hydrogens (tertiary/aromatic N) is 6. The Morgan fingerprint density at radius 2 is 1.02 bits per heavy atom. The van der Waals surface area contributed by atoms with E-state index in [4.69, 9.17) is 24.7 Å². The highest BCUT2D eigenvalue weighted by atomic mass is 19.1. The molecule has 4 heterocycles. The number of carbonyl (C=O) groups is 4. The van der Waals surface area contributed by atoms with Crippen LogP contribution in [-0.2, 0) is 19.1 Å². The number of halogens is 2. The van der Waals surface area contributed by atoms with Crippen molar-refractivity contribution in [1.82, 2.24) is 9.80 Å². The zero-order chi connectivity index (χ0) is 43.6. The van der Waals surface area contributed by atoms with Crippen LogP contribution >= 0.6 is 0 Å². The van der Waals surface area contributed by atoms with Gasteiger partial charge in [0.05, 0.1) is 35.8 Å². The fourth-order valence-electron chi connectivity index (χ4n) is 7.54. The lowest BCUT2D eigenvalue weighted by Gasteiger charge is -2.36. The molecule has 4 aliphatic rings. The molecular formula is C45H51F2N7O8. The molecule has 17 heteroatoms. The molecule has 8 rings (SSSR count). The van der Waals surface area contributed by atoms with Crippen LogP contribution in [0.3, 0.4) is 0 Å². The second-order valence-corrected chi connectivity index (χ2v) is 15.1. The maximum Gasteiger partial charge on any atom is 0.414 e. The number of cyclic esters (lactones) is 2. The first-order valence-electron chi connectivity index (χ1n) is 20.8. The normalized spacial score (nSPS) is 18.8. The standard InChI is InChI=1S/C23H26FN3O4.C22H25FN4O4/c1-2-18-15-27(23(29)31-18)17-8-9-21(20(24)14-17)25-10-12-26(13-11-25)22(28)16-30-19-6-4-3-5-7-19;23-19-12-16(27-14-18(13-24)31-22(27)29)6-7-20(19)25-8-10-26(11-9-25)21(28)15-30-17-4-2-1-3-5-17/h3-9,14,18H,2,10-13,15-16H2,1H3;1-7,12,18H,8-11,13-15,24H2/t2*18-/m00/s1. The lowest BCUT2D eigenvalue weighted by molar-refractivity contribution is -0.134. The van der Waals surface area contributed by atoms with E-state index in [9.17, 15) is 28.0 Å². The zero-order valence-corrected chi connectivity index (χ0v) is 34.6. The van der Waals surface area contributed by atoms with E-state index in [1.807, 2.05) is 65.3 Å². The Kier molecular flexibility index (Phi) is 14.2. The van der Waals surface area contributed by atoms with Crippen LogP contribution in [0.2, 0.25) is 0 Å². The molecule has 0 saturated carbocycles. The van der Waals surface area contributed by atoms with Crippen molar-refractivity contribution in [2.45, 2.75) is 25.6 Å². The minimum atomic E-state index is -0.521. The van der Waals surface area contributed by atoms with E-state index in [0.29, 0.717) is 99.7 Å². The largest absolute Gasteiger partial charge is 0.484 e. The summed E-state index contributed by atoms with van der Waals surface area (Å²) >= 11 is 0. The van der Waals surface area contributed by atoms with Crippen LogP contribution in [0.5, 0.6) is 11.5 Å². The number of rotatable bonds is 12. The summed E-state index contributed by atoms with van der Waals surface area (Å²) in [5.74, 6) is 0.310. The van der Waals surface area contributed by atoms with E-state index in [1.165, 1.54) is 21.9 Å². The van der Waals surface area contributed by atoms with Crippen LogP contribution in [-0.4, -0.2) is 131 Å². The van der Waals surface area contributed by atoms with Gasteiger partial charge in [-0.25, -0.2) is 18.4 Å². The van der Waals surface area contributed by atoms with Crippen molar-refractivity contribution in [2.24, 2.45) is 5.73 Å². The number of carbonyl (C=O) groups excluding carboxylic acids is 4. The number of hydrogen-bond acceptors (Lipinski definition) is 11. The molecule has 4 aromatic carbocycles. The second kappa shape index (κ2) is 20.3. The fourth-order valence-corrected chi connectivity index (χ4v) is 7.54. The van der Waals surface area contributed by atoms with Gasteiger partial charge in [-0.05, 0) is 67.1 Å². The van der Waals surface area contributed by atoms with E-state index < -0.39 is 23.8 Å². The van der Waals surface area contributed by atoms with Crippen molar-refractivity contribution in [3.63, 3.8) is 0 Å². The minimum Gasteiger partial charge on any atom is -0.484 e. The summed E-state index contributed by atoms with van der Waals surface area (Å²) in [5, 5.41) is 0. The highest BCUT2D eigenvalue weighted by molar-refractivity contribution is 5.91. The molecule has 0 spiro atoms. The summed E-state index contributed by atoms with van der Waals surface area (Å²) in [5.41, 5.74) is 7.39. The molecule has 2 atom stereocenters. The minimum absolute atomic E-state index is 0.0161. The third kappa shape index (κ3) is 10.6. The average Bonchev–Trinajstić information content (AvgIpc) is 3.89. The van der Waals surface area contributed by atoms with Gasteiger partial charge in [-0.15, -0.1) is 0 Å². The van der Waals surface area contributed by atoms with Crippen LogP contribution in [0, 0.1) is 11.6 Å². The molecule has 0 bridgehead atoms. The SMILES string of the molecule is CC[C@H]1CN(c2ccc(N3CCN(C(=O)COc4ccccc4)CC3)c(F)c2)C(=O)O1.NC[C@H]1CN(c2ccc(N3CCN(C(=O)COc4ccccc4)CC3)c(F)c2)C(=O)O1. The number of benzene rings is 4. The molecule has 15 nitrogen and oxygen atoms in total. The van der Waals surface area contributed by atoms with Crippen LogP contribution in [0.25, 0.3) is 0 Å². The maximum absolute atomic E-state index is 14.8. The summed E-state index contributed by atoms with van der Waals surface area (Å²) in [6.45, 7) is 6.88. The first-order chi connectivity index (χ1) is 30.1. The predicted molar refractivity (Wildman–Crippen MR) is 229 cm³/mol. The molecule has 4 fully saturated rings. The first kappa shape index (κ1) is 43.5. The summed E-state index contributed by atoms with van der Waals surface area (Å²) < 4.78 is 51.1. The van der Waals surface area contributed by atoms with E-state index in [2.05, 4.69) is 0 Å². The molecule has 0 unspecified atom stereocenters. The molecule has 328 valence electrons. The Balaban J connectivity index is 0.000000186. The van der Waals surface area contributed by atoms with Crippen molar-refractivity contribution < 1.29 is 46.9 Å². The topological polar surface area (TPSA) is 151 Å². The lowest BCUT2D eigenvalue weighted by atomic mass is 10.2. The van der Waals surface area contributed by atoms with Crippen LogP contribution in [0.15, 0.2) is 97.1 Å². The van der Waals surface area contributed by atoms with Gasteiger partial charge in [-0.3, -0.25) is 19.4 Å². The van der Waals surface area contributed by atoms with Crippen molar-refractivity contribution in [3.05, 3.63) is 109 Å². The van der Waals surface area contributed by atoms with Crippen molar-refractivity contribution >= 4 is 46.8 Å². The number of hydrogen-bond donors (Lipinski definition) is 1. The Hall–Kier alpha value is -6.62. The number of amides is 4. The van der Waals surface area contributed by atoms with Crippen molar-refractivity contribution in [2.75, 3.05) is 105 Å². The van der Waals surface area contributed by atoms with Crippen LogP contribution in [0.4, 0.5) is 41.1 Å². The Morgan fingerprint density at radius 1 is 0.613 bits per heavy atom. The van der Waals surface area contributed by atoms with Gasteiger partial charge in [0.2, 0.25) is 0 Å². The van der Waals surface area contributed by atoms with E-state index in [1.54, 1.807) is 46.2 Å². The van der Waals surface area contributed by atoms with Crippen molar-refractivity contribution in [1.29, 1.82) is 0 Å². The summed E-state index contributed by atoms with van der Waals surface area (Å²) in [4.78, 5) is 58.9. The summed E-state index contributed by atoms with van der Waals surface area (Å²) in [6.07, 6.45) is -0.780. The predicted octanol–water partition coefficient (Wildman–Crippen LogP) is 5.13. The van der Waals surface area contributed by atoms with Crippen LogP contribution < -0.4 is 34.8 Å². The van der Waals surface area contributed by atoms with E-state index in [-0.39, 0.29) is 43.8 Å². The summed E-state index contributed by atoms with van der Waals surface area (Å²) in [7, 11) is 0.